The first-order valence-corrected chi connectivity index (χ1v) is 11.2. The first-order chi connectivity index (χ1) is 13.2. The first-order valence-electron chi connectivity index (χ1n) is 9.04. The summed E-state index contributed by atoms with van der Waals surface area (Å²) < 4.78 is 11.2. The normalized spacial score (nSPS) is 11.7. The summed E-state index contributed by atoms with van der Waals surface area (Å²) in [6, 6.07) is 19.0. The maximum atomic E-state index is 12.2. The lowest BCUT2D eigenvalue weighted by atomic mass is 10.2. The van der Waals surface area contributed by atoms with Crippen molar-refractivity contribution in [3.63, 3.8) is 0 Å². The van der Waals surface area contributed by atoms with Gasteiger partial charge in [0.2, 0.25) is 0 Å². The van der Waals surface area contributed by atoms with Crippen molar-refractivity contribution in [2.75, 3.05) is 0 Å². The van der Waals surface area contributed by atoms with E-state index in [1.165, 1.54) is 21.6 Å². The molecule has 0 heterocycles. The highest BCUT2D eigenvalue weighted by molar-refractivity contribution is 8.77. The maximum Gasteiger partial charge on any atom is 0.311 e. The van der Waals surface area contributed by atoms with Gasteiger partial charge in [0.25, 0.3) is 0 Å². The fourth-order valence-corrected chi connectivity index (χ4v) is 4.44. The van der Waals surface area contributed by atoms with Gasteiger partial charge in [0.05, 0.1) is 12.8 Å². The van der Waals surface area contributed by atoms with E-state index in [1.807, 2.05) is 88.4 Å². The molecule has 0 spiro atoms. The van der Waals surface area contributed by atoms with Gasteiger partial charge in [-0.15, -0.1) is 0 Å². The molecule has 0 fully saturated rings. The van der Waals surface area contributed by atoms with Crippen LogP contribution in [0, 0.1) is 0 Å². The summed E-state index contributed by atoms with van der Waals surface area (Å²) in [5.41, 5.74) is 1.83. The topological polar surface area (TPSA) is 52.6 Å². The molecule has 0 aliphatic rings. The third kappa shape index (κ3) is 8.40. The van der Waals surface area contributed by atoms with E-state index >= 15 is 0 Å². The standard InChI is InChI=1S/C22H26O4S2/c1-21(2,25-19(23)15-17-11-7-5-8-12-17)27-28-22(3,4)26-20(24)16-18-13-9-6-10-14-18/h5-14H,15-16H2,1-4H3. The van der Waals surface area contributed by atoms with Gasteiger partial charge in [-0.25, -0.2) is 0 Å². The quantitative estimate of drug-likeness (QED) is 0.308. The number of hydrogen-bond acceptors (Lipinski definition) is 6. The second-order valence-electron chi connectivity index (χ2n) is 7.24. The Morgan fingerprint density at radius 2 is 1.00 bits per heavy atom. The summed E-state index contributed by atoms with van der Waals surface area (Å²) in [6.45, 7) is 7.32. The second kappa shape index (κ2) is 10.0. The van der Waals surface area contributed by atoms with E-state index in [-0.39, 0.29) is 24.8 Å². The molecule has 2 aromatic rings. The Kier molecular flexibility index (Phi) is 8.01. The molecule has 2 rings (SSSR count). The van der Waals surface area contributed by atoms with Gasteiger partial charge < -0.3 is 9.47 Å². The number of benzene rings is 2. The molecular weight excluding hydrogens is 392 g/mol. The van der Waals surface area contributed by atoms with Crippen molar-refractivity contribution in [3.8, 4) is 0 Å². The fraction of sp³-hybridized carbons (Fsp3) is 0.364. The van der Waals surface area contributed by atoms with Crippen LogP contribution in [0.1, 0.15) is 38.8 Å². The lowest BCUT2D eigenvalue weighted by molar-refractivity contribution is -0.149. The van der Waals surface area contributed by atoms with Gasteiger partial charge >= 0.3 is 11.9 Å². The highest BCUT2D eigenvalue weighted by atomic mass is 33.1. The largest absolute Gasteiger partial charge is 0.447 e. The summed E-state index contributed by atoms with van der Waals surface area (Å²) in [4.78, 5) is 22.9. The molecule has 0 aliphatic heterocycles. The minimum atomic E-state index is -0.750. The van der Waals surface area contributed by atoms with Gasteiger partial charge in [0.1, 0.15) is 0 Å². The third-order valence-corrected chi connectivity index (χ3v) is 7.26. The molecule has 0 saturated heterocycles. The molecule has 0 saturated carbocycles. The molecule has 0 bridgehead atoms. The van der Waals surface area contributed by atoms with Crippen molar-refractivity contribution >= 4 is 33.5 Å². The minimum Gasteiger partial charge on any atom is -0.447 e. The lowest BCUT2D eigenvalue weighted by Crippen LogP contribution is -2.28. The smallest absolute Gasteiger partial charge is 0.311 e. The van der Waals surface area contributed by atoms with Crippen LogP contribution in [0.2, 0.25) is 0 Å². The SMILES string of the molecule is CC(C)(OC(=O)Cc1ccccc1)SSC(C)(C)OC(=O)Cc1ccccc1. The molecule has 0 aromatic heterocycles. The Labute approximate surface area is 174 Å². The predicted molar refractivity (Wildman–Crippen MR) is 116 cm³/mol. The van der Waals surface area contributed by atoms with E-state index in [1.54, 1.807) is 0 Å². The molecule has 0 aliphatic carbocycles. The Morgan fingerprint density at radius 3 is 1.32 bits per heavy atom. The average molecular weight is 419 g/mol. The maximum absolute atomic E-state index is 12.2. The highest BCUT2D eigenvalue weighted by Crippen LogP contribution is 2.44. The summed E-state index contributed by atoms with van der Waals surface area (Å²) in [6.07, 6.45) is 0.454. The van der Waals surface area contributed by atoms with Gasteiger partial charge in [0.15, 0.2) is 9.87 Å². The van der Waals surface area contributed by atoms with Crippen molar-refractivity contribution in [2.45, 2.75) is 50.4 Å². The zero-order chi connectivity index (χ0) is 20.6. The summed E-state index contributed by atoms with van der Waals surface area (Å²) >= 11 is 0. The summed E-state index contributed by atoms with van der Waals surface area (Å²) in [5, 5.41) is 0. The number of esters is 2. The Morgan fingerprint density at radius 1 is 0.679 bits per heavy atom. The van der Waals surface area contributed by atoms with Crippen LogP contribution in [-0.4, -0.2) is 21.8 Å². The minimum absolute atomic E-state index is 0.227. The number of hydrogen-bond donors (Lipinski definition) is 0. The number of rotatable bonds is 9. The third-order valence-electron chi connectivity index (χ3n) is 3.54. The van der Waals surface area contributed by atoms with Crippen LogP contribution in [0.15, 0.2) is 60.7 Å². The molecule has 0 unspecified atom stereocenters. The van der Waals surface area contributed by atoms with Crippen molar-refractivity contribution in [2.24, 2.45) is 0 Å². The van der Waals surface area contributed by atoms with Gasteiger partial charge in [-0.05, 0) is 60.4 Å². The molecule has 4 nitrogen and oxygen atoms in total. The van der Waals surface area contributed by atoms with Crippen LogP contribution in [0.25, 0.3) is 0 Å². The van der Waals surface area contributed by atoms with Crippen molar-refractivity contribution in [1.82, 2.24) is 0 Å². The second-order valence-corrected chi connectivity index (χ2v) is 10.5. The van der Waals surface area contributed by atoms with Crippen LogP contribution in [0.3, 0.4) is 0 Å². The first kappa shape index (κ1) is 22.4. The Bertz CT molecular complexity index is 706. The van der Waals surface area contributed by atoms with E-state index in [4.69, 9.17) is 9.47 Å². The van der Waals surface area contributed by atoms with Gasteiger partial charge in [-0.1, -0.05) is 60.7 Å². The van der Waals surface area contributed by atoms with E-state index in [2.05, 4.69) is 0 Å². The van der Waals surface area contributed by atoms with E-state index in [9.17, 15) is 9.59 Å². The van der Waals surface area contributed by atoms with E-state index in [0.29, 0.717) is 0 Å². The van der Waals surface area contributed by atoms with E-state index < -0.39 is 9.87 Å². The number of carbonyl (C=O) groups excluding carboxylic acids is 2. The lowest BCUT2D eigenvalue weighted by Gasteiger charge is -2.29. The number of ether oxygens (including phenoxy) is 2. The molecular formula is C22H26O4S2. The van der Waals surface area contributed by atoms with Crippen LogP contribution in [-0.2, 0) is 31.9 Å². The van der Waals surface area contributed by atoms with Crippen LogP contribution in [0.5, 0.6) is 0 Å². The molecule has 0 radical (unpaired) electrons. The van der Waals surface area contributed by atoms with Crippen molar-refractivity contribution in [1.29, 1.82) is 0 Å². The average Bonchev–Trinajstić information content (AvgIpc) is 2.61. The molecule has 28 heavy (non-hydrogen) atoms. The van der Waals surface area contributed by atoms with Crippen LogP contribution >= 0.6 is 21.6 Å². The monoisotopic (exact) mass is 418 g/mol. The molecule has 0 N–H and O–H groups in total. The zero-order valence-corrected chi connectivity index (χ0v) is 18.3. The van der Waals surface area contributed by atoms with E-state index in [0.717, 1.165) is 11.1 Å². The zero-order valence-electron chi connectivity index (χ0n) is 16.6. The van der Waals surface area contributed by atoms with Crippen LogP contribution in [0.4, 0.5) is 0 Å². The summed E-state index contributed by atoms with van der Waals surface area (Å²) in [7, 11) is 2.74. The van der Waals surface area contributed by atoms with Crippen molar-refractivity contribution in [3.05, 3.63) is 71.8 Å². The molecule has 0 atom stereocenters. The highest BCUT2D eigenvalue weighted by Gasteiger charge is 2.31. The van der Waals surface area contributed by atoms with Gasteiger partial charge in [0, 0.05) is 0 Å². The van der Waals surface area contributed by atoms with Gasteiger partial charge in [-0.2, -0.15) is 0 Å². The Balaban J connectivity index is 1.80. The van der Waals surface area contributed by atoms with Crippen molar-refractivity contribution < 1.29 is 19.1 Å². The predicted octanol–water partition coefficient (Wildman–Crippen LogP) is 5.41. The molecule has 0 amide bonds. The number of carbonyl (C=O) groups is 2. The molecule has 150 valence electrons. The Hall–Kier alpha value is -1.92. The van der Waals surface area contributed by atoms with Crippen LogP contribution < -0.4 is 0 Å². The molecule has 6 heteroatoms. The van der Waals surface area contributed by atoms with Gasteiger partial charge in [-0.3, -0.25) is 9.59 Å². The molecule has 2 aromatic carbocycles. The fourth-order valence-electron chi connectivity index (χ4n) is 2.38. The summed E-state index contributed by atoms with van der Waals surface area (Å²) in [5.74, 6) is -0.577.